The van der Waals surface area contributed by atoms with Gasteiger partial charge in [0.1, 0.15) is 5.75 Å². The van der Waals surface area contributed by atoms with Gasteiger partial charge in [0.05, 0.1) is 0 Å². The lowest BCUT2D eigenvalue weighted by Gasteiger charge is -2.60. The van der Waals surface area contributed by atoms with E-state index >= 15 is 0 Å². The number of hydrogen-bond donors (Lipinski definition) is 1. The summed E-state index contributed by atoms with van der Waals surface area (Å²) in [6, 6.07) is 7.24. The quantitative estimate of drug-likeness (QED) is 0.833. The van der Waals surface area contributed by atoms with Gasteiger partial charge in [-0.1, -0.05) is 25.0 Å². The van der Waals surface area contributed by atoms with E-state index in [0.29, 0.717) is 23.2 Å². The number of fused-ring (bicyclic) bond motifs is 1. The standard InChI is InChI=1S/C20H27NO/c1-3-14(2)21-11-10-20-9-5-4-6-17(20)19(21)12-15-7-8-16(22)13-18(15)20/h3,7-8,13-14,17,19,22H,1,4-6,9-12H2,2H3. The van der Waals surface area contributed by atoms with Gasteiger partial charge in [-0.2, -0.15) is 0 Å². The molecule has 118 valence electrons. The Morgan fingerprint density at radius 1 is 1.36 bits per heavy atom. The molecule has 2 bridgehead atoms. The Labute approximate surface area is 133 Å². The lowest BCUT2D eigenvalue weighted by atomic mass is 9.52. The normalized spacial score (nSPS) is 35.3. The van der Waals surface area contributed by atoms with Gasteiger partial charge in [-0.15, -0.1) is 6.58 Å². The fraction of sp³-hybridized carbons (Fsp3) is 0.600. The summed E-state index contributed by atoms with van der Waals surface area (Å²) in [6.45, 7) is 7.48. The van der Waals surface area contributed by atoms with Gasteiger partial charge in [0.15, 0.2) is 0 Å². The molecule has 1 saturated heterocycles. The number of piperidine rings is 1. The monoisotopic (exact) mass is 297 g/mol. The minimum atomic E-state index is 0.326. The first-order chi connectivity index (χ1) is 10.7. The highest BCUT2D eigenvalue weighted by Crippen LogP contribution is 2.56. The van der Waals surface area contributed by atoms with Gasteiger partial charge in [-0.05, 0) is 68.3 Å². The zero-order valence-electron chi connectivity index (χ0n) is 13.6. The van der Waals surface area contributed by atoms with Crippen LogP contribution in [0.4, 0.5) is 0 Å². The molecule has 1 N–H and O–H groups in total. The lowest BCUT2D eigenvalue weighted by Crippen LogP contribution is -2.62. The molecule has 4 rings (SSSR count). The average Bonchev–Trinajstić information content (AvgIpc) is 2.55. The number of likely N-dealkylation sites (tertiary alicyclic amines) is 1. The SMILES string of the molecule is C=CC(C)N1CCC23CCCCC2C1Cc1ccc(O)cc13. The van der Waals surface area contributed by atoms with E-state index in [1.807, 2.05) is 6.07 Å². The maximum atomic E-state index is 10.0. The van der Waals surface area contributed by atoms with Crippen LogP contribution in [0, 0.1) is 5.92 Å². The van der Waals surface area contributed by atoms with Gasteiger partial charge in [0.2, 0.25) is 0 Å². The molecule has 1 aliphatic heterocycles. The molecule has 4 atom stereocenters. The van der Waals surface area contributed by atoms with Crippen molar-refractivity contribution in [3.8, 4) is 5.75 Å². The third kappa shape index (κ3) is 1.89. The van der Waals surface area contributed by atoms with E-state index in [2.05, 4.69) is 36.6 Å². The van der Waals surface area contributed by atoms with Crippen molar-refractivity contribution in [2.24, 2.45) is 5.92 Å². The molecule has 1 saturated carbocycles. The van der Waals surface area contributed by atoms with Crippen molar-refractivity contribution in [2.75, 3.05) is 6.54 Å². The van der Waals surface area contributed by atoms with Gasteiger partial charge >= 0.3 is 0 Å². The number of rotatable bonds is 2. The first-order valence-electron chi connectivity index (χ1n) is 8.86. The summed E-state index contributed by atoms with van der Waals surface area (Å²) in [6.07, 6.45) is 9.84. The molecular formula is C20H27NO. The van der Waals surface area contributed by atoms with E-state index in [1.165, 1.54) is 49.8 Å². The Hall–Kier alpha value is -1.28. The van der Waals surface area contributed by atoms with E-state index in [-0.39, 0.29) is 0 Å². The summed E-state index contributed by atoms with van der Waals surface area (Å²) in [5.41, 5.74) is 3.27. The van der Waals surface area contributed by atoms with Crippen LogP contribution in [0.2, 0.25) is 0 Å². The van der Waals surface area contributed by atoms with Gasteiger partial charge < -0.3 is 5.11 Å². The maximum Gasteiger partial charge on any atom is 0.115 e. The Morgan fingerprint density at radius 2 is 2.23 bits per heavy atom. The summed E-state index contributed by atoms with van der Waals surface area (Å²) < 4.78 is 0. The van der Waals surface area contributed by atoms with Crippen molar-refractivity contribution in [2.45, 2.75) is 62.9 Å². The molecule has 1 aromatic carbocycles. The predicted octanol–water partition coefficient (Wildman–Crippen LogP) is 4.03. The van der Waals surface area contributed by atoms with Crippen LogP contribution in [0.15, 0.2) is 30.9 Å². The third-order valence-corrected chi connectivity index (χ3v) is 6.73. The molecule has 4 unspecified atom stereocenters. The Balaban J connectivity index is 1.83. The van der Waals surface area contributed by atoms with E-state index in [0.717, 1.165) is 12.3 Å². The Morgan fingerprint density at radius 3 is 3.05 bits per heavy atom. The molecule has 2 heteroatoms. The second kappa shape index (κ2) is 5.13. The molecule has 3 aliphatic rings. The molecule has 0 spiro atoms. The molecule has 0 radical (unpaired) electrons. The first-order valence-corrected chi connectivity index (χ1v) is 8.86. The minimum Gasteiger partial charge on any atom is -0.508 e. The van der Waals surface area contributed by atoms with Crippen molar-refractivity contribution in [1.29, 1.82) is 0 Å². The molecular weight excluding hydrogens is 270 g/mol. The maximum absolute atomic E-state index is 10.0. The van der Waals surface area contributed by atoms with E-state index in [9.17, 15) is 5.11 Å². The topological polar surface area (TPSA) is 23.5 Å². The summed E-state index contributed by atoms with van der Waals surface area (Å²) in [5, 5.41) is 10.0. The zero-order chi connectivity index (χ0) is 15.3. The number of nitrogens with zero attached hydrogens (tertiary/aromatic N) is 1. The van der Waals surface area contributed by atoms with Crippen LogP contribution in [0.25, 0.3) is 0 Å². The van der Waals surface area contributed by atoms with Crippen LogP contribution in [0.5, 0.6) is 5.75 Å². The number of phenols is 1. The van der Waals surface area contributed by atoms with E-state index in [4.69, 9.17) is 0 Å². The fourth-order valence-electron chi connectivity index (χ4n) is 5.66. The highest BCUT2D eigenvalue weighted by molar-refractivity contribution is 5.45. The van der Waals surface area contributed by atoms with Crippen LogP contribution in [0.1, 0.15) is 50.2 Å². The predicted molar refractivity (Wildman–Crippen MR) is 90.2 cm³/mol. The second-order valence-electron chi connectivity index (χ2n) is 7.59. The molecule has 2 nitrogen and oxygen atoms in total. The minimum absolute atomic E-state index is 0.326. The number of benzene rings is 1. The smallest absolute Gasteiger partial charge is 0.115 e. The van der Waals surface area contributed by atoms with Crippen LogP contribution in [-0.2, 0) is 11.8 Å². The number of aromatic hydroxyl groups is 1. The Kier molecular flexibility index (Phi) is 3.34. The van der Waals surface area contributed by atoms with Crippen molar-refractivity contribution in [1.82, 2.24) is 4.90 Å². The summed E-state index contributed by atoms with van der Waals surface area (Å²) >= 11 is 0. The summed E-state index contributed by atoms with van der Waals surface area (Å²) in [7, 11) is 0. The Bertz CT molecular complexity index is 595. The molecule has 0 amide bonds. The molecule has 2 aliphatic carbocycles. The molecule has 0 aromatic heterocycles. The van der Waals surface area contributed by atoms with Gasteiger partial charge in [-0.25, -0.2) is 0 Å². The van der Waals surface area contributed by atoms with Crippen molar-refractivity contribution >= 4 is 0 Å². The molecule has 2 fully saturated rings. The highest BCUT2D eigenvalue weighted by atomic mass is 16.3. The second-order valence-corrected chi connectivity index (χ2v) is 7.59. The van der Waals surface area contributed by atoms with Crippen molar-refractivity contribution in [3.63, 3.8) is 0 Å². The first kappa shape index (κ1) is 14.3. The largest absolute Gasteiger partial charge is 0.508 e. The molecule has 1 heterocycles. The molecule has 1 aromatic rings. The van der Waals surface area contributed by atoms with Crippen LogP contribution >= 0.6 is 0 Å². The summed E-state index contributed by atoms with van der Waals surface area (Å²) in [5.74, 6) is 1.20. The van der Waals surface area contributed by atoms with Crippen molar-refractivity contribution < 1.29 is 5.11 Å². The molecule has 22 heavy (non-hydrogen) atoms. The summed E-state index contributed by atoms with van der Waals surface area (Å²) in [4.78, 5) is 2.69. The van der Waals surface area contributed by atoms with Gasteiger partial charge in [-0.3, -0.25) is 4.90 Å². The number of phenolic OH excluding ortho intramolecular Hbond substituents is 1. The average molecular weight is 297 g/mol. The third-order valence-electron chi connectivity index (χ3n) is 6.73. The van der Waals surface area contributed by atoms with Crippen LogP contribution in [-0.4, -0.2) is 28.6 Å². The highest BCUT2D eigenvalue weighted by Gasteiger charge is 2.54. The lowest BCUT2D eigenvalue weighted by molar-refractivity contribution is -0.0213. The number of hydrogen-bond acceptors (Lipinski definition) is 2. The van der Waals surface area contributed by atoms with Crippen molar-refractivity contribution in [3.05, 3.63) is 42.0 Å². The van der Waals surface area contributed by atoms with Crippen LogP contribution in [0.3, 0.4) is 0 Å². The van der Waals surface area contributed by atoms with Gasteiger partial charge in [0, 0.05) is 17.5 Å². The fourth-order valence-corrected chi connectivity index (χ4v) is 5.66. The van der Waals surface area contributed by atoms with Gasteiger partial charge in [0.25, 0.3) is 0 Å². The zero-order valence-corrected chi connectivity index (χ0v) is 13.6. The van der Waals surface area contributed by atoms with E-state index in [1.54, 1.807) is 0 Å². The van der Waals surface area contributed by atoms with Crippen LogP contribution < -0.4 is 0 Å². The van der Waals surface area contributed by atoms with E-state index < -0.39 is 0 Å².